The Balaban J connectivity index is 3.21. The van der Waals surface area contributed by atoms with E-state index in [4.69, 9.17) is 10.9 Å². The van der Waals surface area contributed by atoms with E-state index in [9.17, 15) is 10.1 Å². The summed E-state index contributed by atoms with van der Waals surface area (Å²) in [5.74, 6) is 5.21. The number of hydrogen-bond donors (Lipinski definition) is 3. The molecule has 0 aliphatic carbocycles. The molecule has 0 radical (unpaired) electrons. The zero-order valence-electron chi connectivity index (χ0n) is 8.88. The summed E-state index contributed by atoms with van der Waals surface area (Å²) in [6.45, 7) is 0.239. The SMILES string of the molecule is CN(CCO)c1cccc(NN)c1[N+](=O)[O-]. The molecule has 16 heavy (non-hydrogen) atoms. The zero-order chi connectivity index (χ0) is 12.1. The molecule has 0 saturated carbocycles. The number of anilines is 2. The van der Waals surface area contributed by atoms with Crippen LogP contribution in [0.3, 0.4) is 0 Å². The fourth-order valence-electron chi connectivity index (χ4n) is 1.42. The lowest BCUT2D eigenvalue weighted by molar-refractivity contribution is -0.383. The first-order valence-electron chi connectivity index (χ1n) is 4.67. The standard InChI is InChI=1S/C9H14N4O3/c1-12(5-6-14)8-4-2-3-7(11-10)9(8)13(15)16/h2-4,11,14H,5-6,10H2,1H3. The van der Waals surface area contributed by atoms with E-state index in [0.717, 1.165) is 0 Å². The van der Waals surface area contributed by atoms with Crippen LogP contribution in [0.25, 0.3) is 0 Å². The number of nitrogens with zero attached hydrogens (tertiary/aromatic N) is 2. The second-order valence-electron chi connectivity index (χ2n) is 3.22. The van der Waals surface area contributed by atoms with Crippen LogP contribution in [0.1, 0.15) is 0 Å². The smallest absolute Gasteiger partial charge is 0.316 e. The lowest BCUT2D eigenvalue weighted by atomic mass is 10.2. The molecule has 1 aromatic carbocycles. The number of benzene rings is 1. The summed E-state index contributed by atoms with van der Waals surface area (Å²) >= 11 is 0. The molecule has 0 saturated heterocycles. The van der Waals surface area contributed by atoms with Crippen LogP contribution in [-0.2, 0) is 0 Å². The number of nitro benzene ring substituents is 1. The lowest BCUT2D eigenvalue weighted by Gasteiger charge is -2.18. The number of aliphatic hydroxyl groups excluding tert-OH is 1. The van der Waals surface area contributed by atoms with Gasteiger partial charge in [-0.3, -0.25) is 16.0 Å². The van der Waals surface area contributed by atoms with E-state index in [1.807, 2.05) is 0 Å². The molecule has 0 spiro atoms. The van der Waals surface area contributed by atoms with Gasteiger partial charge in [-0.05, 0) is 12.1 Å². The monoisotopic (exact) mass is 226 g/mol. The maximum atomic E-state index is 10.9. The first-order valence-corrected chi connectivity index (χ1v) is 4.67. The highest BCUT2D eigenvalue weighted by molar-refractivity contribution is 5.76. The van der Waals surface area contributed by atoms with Crippen LogP contribution in [0.5, 0.6) is 0 Å². The molecule has 4 N–H and O–H groups in total. The van der Waals surface area contributed by atoms with E-state index >= 15 is 0 Å². The molecule has 0 unspecified atom stereocenters. The molecule has 0 aromatic heterocycles. The number of nitrogens with one attached hydrogen (secondary N) is 1. The van der Waals surface area contributed by atoms with Gasteiger partial charge in [-0.15, -0.1) is 0 Å². The number of para-hydroxylation sites is 1. The molecule has 0 fully saturated rings. The molecule has 0 amide bonds. The summed E-state index contributed by atoms with van der Waals surface area (Å²) in [5.41, 5.74) is 2.84. The fraction of sp³-hybridized carbons (Fsp3) is 0.333. The predicted molar refractivity (Wildman–Crippen MR) is 61.3 cm³/mol. The maximum Gasteiger partial charge on any atom is 0.316 e. The minimum atomic E-state index is -0.502. The van der Waals surface area contributed by atoms with Gasteiger partial charge >= 0.3 is 5.69 Å². The van der Waals surface area contributed by atoms with E-state index in [2.05, 4.69) is 5.43 Å². The topological polar surface area (TPSA) is 105 Å². The Bertz CT molecular complexity index is 383. The van der Waals surface area contributed by atoms with Gasteiger partial charge in [-0.2, -0.15) is 0 Å². The number of likely N-dealkylation sites (N-methyl/N-ethyl adjacent to an activating group) is 1. The van der Waals surface area contributed by atoms with Gasteiger partial charge in [0.15, 0.2) is 0 Å². The number of nitrogen functional groups attached to an aromatic ring is 1. The molecular formula is C9H14N4O3. The van der Waals surface area contributed by atoms with Crippen molar-refractivity contribution in [1.82, 2.24) is 0 Å². The third kappa shape index (κ3) is 2.38. The largest absolute Gasteiger partial charge is 0.395 e. The second-order valence-corrected chi connectivity index (χ2v) is 3.22. The van der Waals surface area contributed by atoms with E-state index in [1.165, 1.54) is 6.07 Å². The lowest BCUT2D eigenvalue weighted by Crippen LogP contribution is -2.22. The number of hydrazine groups is 1. The highest BCUT2D eigenvalue weighted by atomic mass is 16.6. The van der Waals surface area contributed by atoms with Crippen LogP contribution >= 0.6 is 0 Å². The van der Waals surface area contributed by atoms with Gasteiger partial charge in [0.1, 0.15) is 11.4 Å². The molecule has 88 valence electrons. The quantitative estimate of drug-likeness (QED) is 0.379. The molecule has 0 aliphatic rings. The van der Waals surface area contributed by atoms with E-state index in [-0.39, 0.29) is 18.0 Å². The normalized spacial score (nSPS) is 9.94. The van der Waals surface area contributed by atoms with E-state index in [0.29, 0.717) is 12.2 Å². The van der Waals surface area contributed by atoms with Crippen molar-refractivity contribution < 1.29 is 10.0 Å². The van der Waals surface area contributed by atoms with E-state index in [1.54, 1.807) is 24.1 Å². The fourth-order valence-corrected chi connectivity index (χ4v) is 1.42. The van der Waals surface area contributed by atoms with Crippen molar-refractivity contribution in [3.05, 3.63) is 28.3 Å². The molecule has 0 bridgehead atoms. The van der Waals surface area contributed by atoms with Gasteiger partial charge in [0.2, 0.25) is 0 Å². The second kappa shape index (κ2) is 5.29. The summed E-state index contributed by atoms with van der Waals surface area (Å²) < 4.78 is 0. The summed E-state index contributed by atoms with van der Waals surface area (Å²) in [6, 6.07) is 4.79. The van der Waals surface area contributed by atoms with Crippen LogP contribution in [-0.4, -0.2) is 30.2 Å². The molecule has 1 rings (SSSR count). The molecule has 7 heteroatoms. The van der Waals surface area contributed by atoms with Crippen molar-refractivity contribution in [3.8, 4) is 0 Å². The number of aliphatic hydroxyl groups is 1. The molecule has 0 aliphatic heterocycles. The highest BCUT2D eigenvalue weighted by Crippen LogP contribution is 2.34. The number of rotatable bonds is 5. The first kappa shape index (κ1) is 12.2. The van der Waals surface area contributed by atoms with Crippen LogP contribution in [0.15, 0.2) is 18.2 Å². The van der Waals surface area contributed by atoms with Crippen LogP contribution in [0.4, 0.5) is 17.1 Å². The Kier molecular flexibility index (Phi) is 4.03. The predicted octanol–water partition coefficient (Wildman–Crippen LogP) is 0.309. The minimum Gasteiger partial charge on any atom is -0.395 e. The van der Waals surface area contributed by atoms with Crippen molar-refractivity contribution in [3.63, 3.8) is 0 Å². The zero-order valence-corrected chi connectivity index (χ0v) is 8.88. The van der Waals surface area contributed by atoms with Gasteiger partial charge in [0, 0.05) is 13.6 Å². The summed E-state index contributed by atoms with van der Waals surface area (Å²) in [4.78, 5) is 12.0. The summed E-state index contributed by atoms with van der Waals surface area (Å²) in [6.07, 6.45) is 0. The number of nitrogens with two attached hydrogens (primary N) is 1. The number of hydrogen-bond acceptors (Lipinski definition) is 6. The Labute approximate surface area is 92.6 Å². The third-order valence-corrected chi connectivity index (χ3v) is 2.20. The molecular weight excluding hydrogens is 212 g/mol. The van der Waals surface area contributed by atoms with Crippen molar-refractivity contribution in [1.29, 1.82) is 0 Å². The van der Waals surface area contributed by atoms with Gasteiger partial charge in [-0.25, -0.2) is 0 Å². The van der Waals surface area contributed by atoms with E-state index < -0.39 is 4.92 Å². The van der Waals surface area contributed by atoms with Crippen LogP contribution in [0.2, 0.25) is 0 Å². The average molecular weight is 226 g/mol. The molecule has 1 aromatic rings. The Morgan fingerprint density at radius 3 is 2.81 bits per heavy atom. The average Bonchev–Trinajstić information content (AvgIpc) is 2.28. The minimum absolute atomic E-state index is 0.0755. The van der Waals surface area contributed by atoms with Crippen LogP contribution < -0.4 is 16.2 Å². The van der Waals surface area contributed by atoms with Gasteiger partial charge in [-0.1, -0.05) is 6.07 Å². The van der Waals surface area contributed by atoms with Crippen LogP contribution in [0, 0.1) is 10.1 Å². The molecule has 7 nitrogen and oxygen atoms in total. The molecule has 0 heterocycles. The van der Waals surface area contributed by atoms with Crippen molar-refractivity contribution in [2.45, 2.75) is 0 Å². The Hall–Kier alpha value is -1.86. The van der Waals surface area contributed by atoms with Gasteiger partial charge < -0.3 is 15.4 Å². The Morgan fingerprint density at radius 1 is 1.62 bits per heavy atom. The summed E-state index contributed by atoms with van der Waals surface area (Å²) in [7, 11) is 1.67. The highest BCUT2D eigenvalue weighted by Gasteiger charge is 2.21. The molecule has 0 atom stereocenters. The summed E-state index contributed by atoms with van der Waals surface area (Å²) in [5, 5.41) is 19.7. The van der Waals surface area contributed by atoms with Crippen molar-refractivity contribution in [2.24, 2.45) is 5.84 Å². The number of nitro groups is 1. The third-order valence-electron chi connectivity index (χ3n) is 2.20. The Morgan fingerprint density at radius 2 is 2.31 bits per heavy atom. The van der Waals surface area contributed by atoms with Gasteiger partial charge in [0.25, 0.3) is 0 Å². The van der Waals surface area contributed by atoms with Crippen molar-refractivity contribution >= 4 is 17.1 Å². The first-order chi connectivity index (χ1) is 7.61. The maximum absolute atomic E-state index is 10.9. The van der Waals surface area contributed by atoms with Crippen molar-refractivity contribution in [2.75, 3.05) is 30.5 Å². The van der Waals surface area contributed by atoms with Gasteiger partial charge in [0.05, 0.1) is 11.5 Å².